The maximum Gasteiger partial charge on any atom is 0.343 e. The molecule has 1 aromatic carbocycles. The van der Waals surface area contributed by atoms with Gasteiger partial charge in [-0.1, -0.05) is 6.92 Å². The van der Waals surface area contributed by atoms with E-state index in [0.29, 0.717) is 35.3 Å². The van der Waals surface area contributed by atoms with Gasteiger partial charge < -0.3 is 24.3 Å². The van der Waals surface area contributed by atoms with Crippen molar-refractivity contribution in [3.05, 3.63) is 61.7 Å². The fourth-order valence-electron chi connectivity index (χ4n) is 6.19. The van der Waals surface area contributed by atoms with Crippen LogP contribution in [-0.4, -0.2) is 38.9 Å². The summed E-state index contributed by atoms with van der Waals surface area (Å²) < 4.78 is 27.9. The number of cyclic esters (lactones) is 1. The molecule has 188 valence electrons. The number of esters is 1. The Morgan fingerprint density at radius 1 is 1.25 bits per heavy atom. The van der Waals surface area contributed by atoms with E-state index in [1.165, 1.54) is 6.07 Å². The number of carbonyl (C=O) groups is 1. The van der Waals surface area contributed by atoms with Gasteiger partial charge in [-0.2, -0.15) is 0 Å². The minimum Gasteiger partial charge on any atom is -0.458 e. The van der Waals surface area contributed by atoms with Crippen LogP contribution < -0.4 is 5.56 Å². The Morgan fingerprint density at radius 3 is 2.75 bits per heavy atom. The molecule has 3 aliphatic rings. The van der Waals surface area contributed by atoms with Crippen molar-refractivity contribution in [1.82, 2.24) is 9.55 Å². The van der Waals surface area contributed by atoms with Crippen LogP contribution in [0.4, 0.5) is 4.39 Å². The highest BCUT2D eigenvalue weighted by Gasteiger charge is 2.46. The highest BCUT2D eigenvalue weighted by atomic mass is 19.1. The van der Waals surface area contributed by atoms with Crippen LogP contribution in [0.15, 0.2) is 16.9 Å². The third kappa shape index (κ3) is 2.87. The molecule has 3 aromatic rings. The second-order valence-corrected chi connectivity index (χ2v) is 10.1. The smallest absolute Gasteiger partial charge is 0.343 e. The molecule has 6 rings (SSSR count). The SMILES string of the molecule is CC[C@@]1(O)C(=O)OCc2c1cc1n(c2=O)Cc2c-1nc1cc(F)c(C)c3c1c2[C@](C)(OCCO)CC3. The Hall–Kier alpha value is -3.14. The van der Waals surface area contributed by atoms with Crippen molar-refractivity contribution in [1.29, 1.82) is 0 Å². The van der Waals surface area contributed by atoms with E-state index >= 15 is 0 Å². The van der Waals surface area contributed by atoms with Crippen molar-refractivity contribution in [2.24, 2.45) is 0 Å². The summed E-state index contributed by atoms with van der Waals surface area (Å²) in [6.45, 7) is 5.38. The summed E-state index contributed by atoms with van der Waals surface area (Å²) >= 11 is 0. The van der Waals surface area contributed by atoms with Gasteiger partial charge in [0.25, 0.3) is 5.56 Å². The molecule has 0 amide bonds. The monoisotopic (exact) mass is 494 g/mol. The van der Waals surface area contributed by atoms with E-state index in [1.807, 2.05) is 6.92 Å². The fourth-order valence-corrected chi connectivity index (χ4v) is 6.19. The molecule has 2 N–H and O–H groups in total. The topological polar surface area (TPSA) is 111 Å². The average Bonchev–Trinajstić information content (AvgIpc) is 3.23. The molecule has 0 saturated heterocycles. The van der Waals surface area contributed by atoms with Crippen LogP contribution in [0.5, 0.6) is 0 Å². The number of aliphatic hydroxyl groups excluding tert-OH is 1. The fraction of sp³-hybridized carbons (Fsp3) is 0.444. The Bertz CT molecular complexity index is 1550. The number of benzene rings is 1. The summed E-state index contributed by atoms with van der Waals surface area (Å²) in [4.78, 5) is 30.9. The van der Waals surface area contributed by atoms with E-state index in [0.717, 1.165) is 22.1 Å². The number of aliphatic hydroxyl groups is 2. The molecule has 36 heavy (non-hydrogen) atoms. The molecule has 0 radical (unpaired) electrons. The quantitative estimate of drug-likeness (QED) is 0.420. The number of nitrogens with zero attached hydrogens (tertiary/aromatic N) is 2. The van der Waals surface area contributed by atoms with Gasteiger partial charge in [0.1, 0.15) is 12.4 Å². The van der Waals surface area contributed by atoms with Crippen LogP contribution >= 0.6 is 0 Å². The van der Waals surface area contributed by atoms with Gasteiger partial charge in [0, 0.05) is 28.1 Å². The largest absolute Gasteiger partial charge is 0.458 e. The van der Waals surface area contributed by atoms with Gasteiger partial charge in [-0.3, -0.25) is 4.79 Å². The molecule has 0 spiro atoms. The first kappa shape index (κ1) is 23.3. The summed E-state index contributed by atoms with van der Waals surface area (Å²) in [5.41, 5.74) is 1.94. The summed E-state index contributed by atoms with van der Waals surface area (Å²) in [6, 6.07) is 3.06. The minimum absolute atomic E-state index is 0.0475. The Labute approximate surface area is 206 Å². The zero-order valence-electron chi connectivity index (χ0n) is 20.4. The maximum atomic E-state index is 14.9. The number of hydrogen-bond acceptors (Lipinski definition) is 7. The minimum atomic E-state index is -1.93. The van der Waals surface area contributed by atoms with E-state index < -0.39 is 17.2 Å². The first-order valence-electron chi connectivity index (χ1n) is 12.2. The van der Waals surface area contributed by atoms with E-state index in [9.17, 15) is 24.2 Å². The van der Waals surface area contributed by atoms with Crippen molar-refractivity contribution < 1.29 is 28.9 Å². The van der Waals surface area contributed by atoms with Crippen LogP contribution in [0.1, 0.15) is 60.1 Å². The normalized spacial score (nSPS) is 23.9. The second-order valence-electron chi connectivity index (χ2n) is 10.1. The zero-order valence-corrected chi connectivity index (χ0v) is 20.4. The molecule has 0 bridgehead atoms. The first-order chi connectivity index (χ1) is 17.1. The molecular weight excluding hydrogens is 467 g/mol. The number of ether oxygens (including phenoxy) is 2. The van der Waals surface area contributed by atoms with Crippen LogP contribution in [0.25, 0.3) is 22.3 Å². The van der Waals surface area contributed by atoms with Crippen LogP contribution in [0, 0.1) is 12.7 Å². The lowest BCUT2D eigenvalue weighted by molar-refractivity contribution is -0.172. The predicted octanol–water partition coefficient (Wildman–Crippen LogP) is 2.70. The van der Waals surface area contributed by atoms with Crippen LogP contribution in [0.2, 0.25) is 0 Å². The van der Waals surface area contributed by atoms with Crippen molar-refractivity contribution in [2.75, 3.05) is 13.2 Å². The van der Waals surface area contributed by atoms with Crippen LogP contribution in [-0.2, 0) is 45.0 Å². The second kappa shape index (κ2) is 7.68. The van der Waals surface area contributed by atoms with E-state index in [-0.39, 0.29) is 55.3 Å². The van der Waals surface area contributed by atoms with Gasteiger partial charge in [-0.25, -0.2) is 14.2 Å². The number of halogens is 1. The number of fused-ring (bicyclic) bond motifs is 5. The molecule has 1 aliphatic carbocycles. The van der Waals surface area contributed by atoms with Gasteiger partial charge in [-0.05, 0) is 50.3 Å². The molecule has 9 heteroatoms. The van der Waals surface area contributed by atoms with Gasteiger partial charge in [0.15, 0.2) is 5.60 Å². The lowest BCUT2D eigenvalue weighted by Crippen LogP contribution is -2.44. The summed E-state index contributed by atoms with van der Waals surface area (Å²) in [6.07, 6.45) is 1.22. The first-order valence-corrected chi connectivity index (χ1v) is 12.2. The van der Waals surface area contributed by atoms with Gasteiger partial charge in [0.05, 0.1) is 47.8 Å². The molecule has 8 nitrogen and oxygen atoms in total. The number of aryl methyl sites for hydroxylation is 1. The Morgan fingerprint density at radius 2 is 2.03 bits per heavy atom. The third-order valence-corrected chi connectivity index (χ3v) is 8.20. The summed E-state index contributed by atoms with van der Waals surface area (Å²) in [5.74, 6) is -1.13. The zero-order chi connectivity index (χ0) is 25.6. The number of aromatic nitrogens is 2. The molecular formula is C27H27FN2O6. The standard InChI is InChI=1S/C27H27FN2O6/c1-4-27(34)17-9-20-23-15(11-30(20)24(32)16(17)12-35-25(27)33)22-21-14(5-6-26(22,3)36-8-7-31)13(2)18(28)10-19(21)29-23/h9-10,31,34H,4-8,11-12H2,1-3H3/t26-,27+/m1/s1. The number of pyridine rings is 2. The Balaban J connectivity index is 1.69. The predicted molar refractivity (Wildman–Crippen MR) is 128 cm³/mol. The highest BCUT2D eigenvalue weighted by molar-refractivity contribution is 5.93. The lowest BCUT2D eigenvalue weighted by atomic mass is 9.76. The van der Waals surface area contributed by atoms with E-state index in [1.54, 1.807) is 24.5 Å². The van der Waals surface area contributed by atoms with Gasteiger partial charge in [-0.15, -0.1) is 0 Å². The molecule has 0 saturated carbocycles. The van der Waals surface area contributed by atoms with Crippen molar-refractivity contribution >= 4 is 16.9 Å². The number of carbonyl (C=O) groups excluding carboxylic acids is 1. The lowest BCUT2D eigenvalue weighted by Gasteiger charge is -2.37. The molecule has 2 atom stereocenters. The average molecular weight is 495 g/mol. The van der Waals surface area contributed by atoms with Crippen molar-refractivity contribution in [3.63, 3.8) is 0 Å². The summed E-state index contributed by atoms with van der Waals surface area (Å²) in [7, 11) is 0. The van der Waals surface area contributed by atoms with Crippen molar-refractivity contribution in [3.8, 4) is 11.4 Å². The molecule has 0 fully saturated rings. The number of rotatable bonds is 4. The number of hydrogen-bond donors (Lipinski definition) is 2. The third-order valence-electron chi connectivity index (χ3n) is 8.20. The molecule has 4 heterocycles. The highest BCUT2D eigenvalue weighted by Crippen LogP contribution is 2.49. The van der Waals surface area contributed by atoms with E-state index in [2.05, 4.69) is 0 Å². The van der Waals surface area contributed by atoms with Gasteiger partial charge >= 0.3 is 5.97 Å². The van der Waals surface area contributed by atoms with E-state index in [4.69, 9.17) is 14.5 Å². The molecule has 2 aliphatic heterocycles. The molecule has 0 unspecified atom stereocenters. The van der Waals surface area contributed by atoms with Gasteiger partial charge in [0.2, 0.25) is 0 Å². The molecule has 2 aromatic heterocycles. The Kier molecular flexibility index (Phi) is 4.96. The van der Waals surface area contributed by atoms with Crippen molar-refractivity contribution in [2.45, 2.75) is 64.4 Å². The van der Waals surface area contributed by atoms with Crippen LogP contribution in [0.3, 0.4) is 0 Å². The maximum absolute atomic E-state index is 14.9. The summed E-state index contributed by atoms with van der Waals surface area (Å²) in [5, 5.41) is 21.4.